The van der Waals surface area contributed by atoms with Crippen molar-refractivity contribution in [2.24, 2.45) is 18.0 Å². The van der Waals surface area contributed by atoms with Crippen molar-refractivity contribution in [3.8, 4) is 0 Å². The van der Waals surface area contributed by atoms with Gasteiger partial charge in [-0.05, 0) is 42.6 Å². The number of rotatable bonds is 5. The molecular formula is C23H31F3N7S+. The van der Waals surface area contributed by atoms with Gasteiger partial charge in [-0.2, -0.15) is 13.2 Å². The zero-order chi connectivity index (χ0) is 24.6. The first-order valence-electron chi connectivity index (χ1n) is 11.6. The highest BCUT2D eigenvalue weighted by Gasteiger charge is 2.36. The number of halogens is 3. The molecule has 0 unspecified atom stereocenters. The predicted octanol–water partition coefficient (Wildman–Crippen LogP) is 3.97. The summed E-state index contributed by atoms with van der Waals surface area (Å²) in [4.78, 5) is 8.30. The number of nitrogen functional groups attached to an aromatic ring is 1. The Morgan fingerprint density at radius 1 is 1.35 bits per heavy atom. The van der Waals surface area contributed by atoms with Crippen LogP contribution in [0.25, 0.3) is 0 Å². The van der Waals surface area contributed by atoms with Gasteiger partial charge in [0.05, 0.1) is 13.6 Å². The Balaban J connectivity index is 1.71. The maximum absolute atomic E-state index is 12.9. The molecule has 1 fully saturated rings. The Labute approximate surface area is 202 Å². The van der Waals surface area contributed by atoms with Crippen LogP contribution in [0.2, 0.25) is 0 Å². The van der Waals surface area contributed by atoms with Crippen LogP contribution in [0, 0.1) is 10.6 Å². The van der Waals surface area contributed by atoms with Crippen LogP contribution in [-0.4, -0.2) is 27.5 Å². The molecule has 0 aromatic carbocycles. The molecule has 1 aliphatic heterocycles. The largest absolute Gasteiger partial charge is 0.433 e. The number of nitrogens with two attached hydrogens (primary N) is 1. The van der Waals surface area contributed by atoms with Gasteiger partial charge in [0.2, 0.25) is 0 Å². The molecule has 1 saturated carbocycles. The molecule has 0 saturated heterocycles. The van der Waals surface area contributed by atoms with Gasteiger partial charge in [0.15, 0.2) is 10.5 Å². The fourth-order valence-corrected chi connectivity index (χ4v) is 4.78. The van der Waals surface area contributed by atoms with Crippen molar-refractivity contribution in [1.29, 1.82) is 0 Å². The van der Waals surface area contributed by atoms with Crippen LogP contribution < -0.4 is 20.9 Å². The second kappa shape index (κ2) is 9.52. The third-order valence-corrected chi connectivity index (χ3v) is 7.08. The molecule has 0 amide bonds. The smallest absolute Gasteiger partial charge is 0.372 e. The SMILES string of the molecule is CC(C)[C@@H]1Cn2c(N)c(C(=NCc3ccc(C(F)(F)F)nc3)NC3CCCC3)c(=S)[n+](C)c2N1. The molecule has 2 aromatic heterocycles. The molecule has 2 aliphatic rings. The number of amidine groups is 1. The number of anilines is 2. The highest BCUT2D eigenvalue weighted by Crippen LogP contribution is 2.28. The first kappa shape index (κ1) is 24.4. The first-order chi connectivity index (χ1) is 16.1. The average Bonchev–Trinajstić information content (AvgIpc) is 3.46. The second-order valence-corrected chi connectivity index (χ2v) is 9.78. The van der Waals surface area contributed by atoms with Crippen molar-refractivity contribution in [2.75, 3.05) is 11.1 Å². The summed E-state index contributed by atoms with van der Waals surface area (Å²) < 4.78 is 43.1. The van der Waals surface area contributed by atoms with Crippen LogP contribution in [0.15, 0.2) is 23.3 Å². The Hall–Kier alpha value is -2.69. The van der Waals surface area contributed by atoms with E-state index in [-0.39, 0.29) is 18.6 Å². The summed E-state index contributed by atoms with van der Waals surface area (Å²) in [5.41, 5.74) is 6.97. The summed E-state index contributed by atoms with van der Waals surface area (Å²) in [5.74, 6) is 2.38. The lowest BCUT2D eigenvalue weighted by Crippen LogP contribution is -2.41. The number of nitrogens with one attached hydrogen (secondary N) is 2. The third-order valence-electron chi connectivity index (χ3n) is 6.61. The van der Waals surface area contributed by atoms with Crippen LogP contribution in [0.5, 0.6) is 0 Å². The Morgan fingerprint density at radius 2 is 2.06 bits per heavy atom. The fourth-order valence-electron chi connectivity index (χ4n) is 4.49. The maximum atomic E-state index is 12.9. The van der Waals surface area contributed by atoms with Crippen LogP contribution in [0.1, 0.15) is 56.4 Å². The van der Waals surface area contributed by atoms with E-state index in [4.69, 9.17) is 22.9 Å². The van der Waals surface area contributed by atoms with E-state index >= 15 is 0 Å². The van der Waals surface area contributed by atoms with Crippen molar-refractivity contribution in [3.05, 3.63) is 39.8 Å². The number of hydrogen-bond donors (Lipinski definition) is 3. The van der Waals surface area contributed by atoms with E-state index in [0.29, 0.717) is 33.3 Å². The van der Waals surface area contributed by atoms with E-state index in [1.54, 1.807) is 0 Å². The third kappa shape index (κ3) is 4.89. The fraction of sp³-hybridized carbons (Fsp3) is 0.565. The Morgan fingerprint density at radius 3 is 2.65 bits per heavy atom. The van der Waals surface area contributed by atoms with Gasteiger partial charge in [0.1, 0.15) is 29.7 Å². The first-order valence-corrected chi connectivity index (χ1v) is 12.0. The molecule has 2 aromatic rings. The summed E-state index contributed by atoms with van der Waals surface area (Å²) in [7, 11) is 1.90. The second-order valence-electron chi connectivity index (χ2n) is 9.39. The van der Waals surface area contributed by atoms with E-state index in [0.717, 1.165) is 44.2 Å². The normalized spacial score (nSPS) is 18.9. The Bertz CT molecular complexity index is 1130. The number of aromatic nitrogens is 3. The molecular weight excluding hydrogens is 463 g/mol. The lowest BCUT2D eigenvalue weighted by atomic mass is 10.1. The van der Waals surface area contributed by atoms with Crippen LogP contribution in [-0.2, 0) is 26.3 Å². The van der Waals surface area contributed by atoms with Gasteiger partial charge in [0, 0.05) is 12.2 Å². The number of pyridine rings is 1. The molecule has 7 nitrogen and oxygen atoms in total. The number of alkyl halides is 3. The summed E-state index contributed by atoms with van der Waals surface area (Å²) in [6, 6.07) is 2.87. The summed E-state index contributed by atoms with van der Waals surface area (Å²) in [6.45, 7) is 5.19. The minimum atomic E-state index is -4.47. The quantitative estimate of drug-likeness (QED) is 0.254. The van der Waals surface area contributed by atoms with Gasteiger partial charge in [0.25, 0.3) is 0 Å². The topological polar surface area (TPSA) is 84.1 Å². The molecule has 184 valence electrons. The molecule has 0 bridgehead atoms. The van der Waals surface area contributed by atoms with Gasteiger partial charge in [-0.1, -0.05) is 32.8 Å². The van der Waals surface area contributed by atoms with Crippen molar-refractivity contribution < 1.29 is 17.7 Å². The molecule has 0 radical (unpaired) electrons. The minimum absolute atomic E-state index is 0.159. The summed E-state index contributed by atoms with van der Waals surface area (Å²) in [5, 5.41) is 7.05. The molecule has 11 heteroatoms. The van der Waals surface area contributed by atoms with Gasteiger partial charge < -0.3 is 11.1 Å². The van der Waals surface area contributed by atoms with Gasteiger partial charge >= 0.3 is 12.1 Å². The monoisotopic (exact) mass is 494 g/mol. The molecule has 1 atom stereocenters. The van der Waals surface area contributed by atoms with Gasteiger partial charge in [-0.15, -0.1) is 0 Å². The number of hydrogen-bond acceptors (Lipinski definition) is 5. The van der Waals surface area contributed by atoms with Crippen molar-refractivity contribution in [1.82, 2.24) is 14.9 Å². The highest BCUT2D eigenvalue weighted by atomic mass is 32.1. The van der Waals surface area contributed by atoms with E-state index in [2.05, 4.69) is 29.5 Å². The molecule has 4 rings (SSSR count). The lowest BCUT2D eigenvalue weighted by molar-refractivity contribution is -0.666. The Kier molecular flexibility index (Phi) is 6.84. The molecule has 0 spiro atoms. The highest BCUT2D eigenvalue weighted by molar-refractivity contribution is 7.71. The maximum Gasteiger partial charge on any atom is 0.433 e. The number of aliphatic imine (C=N–C) groups is 1. The van der Waals surface area contributed by atoms with Gasteiger partial charge in [-0.25, -0.2) is 9.13 Å². The van der Waals surface area contributed by atoms with Crippen LogP contribution >= 0.6 is 12.2 Å². The zero-order valence-corrected chi connectivity index (χ0v) is 20.4. The van der Waals surface area contributed by atoms with Crippen LogP contribution in [0.4, 0.5) is 24.9 Å². The average molecular weight is 495 g/mol. The van der Waals surface area contributed by atoms with Crippen molar-refractivity contribution in [3.63, 3.8) is 0 Å². The summed E-state index contributed by atoms with van der Waals surface area (Å²) in [6.07, 6.45) is 1.06. The number of fused-ring (bicyclic) bond motifs is 1. The van der Waals surface area contributed by atoms with E-state index in [1.807, 2.05) is 16.2 Å². The standard InChI is InChI=1S/C23H30F3N7S/c1-13(2)16-12-33-19(27)18(21(34)32(3)22(33)31-16)20(30-15-6-4-5-7-15)29-11-14-8-9-17(28-10-14)23(24,25)26/h8-10,13,15-16H,4-7,11-12H2,1-3H3,(H3,27,29,30,34)/p+1/t16-/m0/s1. The molecule has 4 N–H and O–H groups in total. The van der Waals surface area contributed by atoms with Crippen LogP contribution in [0.3, 0.4) is 0 Å². The molecule has 3 heterocycles. The number of nitrogens with zero attached hydrogens (tertiary/aromatic N) is 4. The minimum Gasteiger partial charge on any atom is -0.372 e. The van der Waals surface area contributed by atoms with Gasteiger partial charge in [-0.3, -0.25) is 15.3 Å². The molecule has 34 heavy (non-hydrogen) atoms. The van der Waals surface area contributed by atoms with E-state index in [9.17, 15) is 13.2 Å². The molecule has 1 aliphatic carbocycles. The van der Waals surface area contributed by atoms with Crippen molar-refractivity contribution in [2.45, 2.75) is 70.9 Å². The lowest BCUT2D eigenvalue weighted by Gasteiger charge is -2.18. The predicted molar refractivity (Wildman–Crippen MR) is 128 cm³/mol. The van der Waals surface area contributed by atoms with Crippen molar-refractivity contribution >= 4 is 29.8 Å². The zero-order valence-electron chi connectivity index (χ0n) is 19.6. The van der Waals surface area contributed by atoms with E-state index in [1.165, 1.54) is 12.3 Å². The van der Waals surface area contributed by atoms with E-state index < -0.39 is 11.9 Å². The summed E-state index contributed by atoms with van der Waals surface area (Å²) >= 11 is 5.80.